The predicted octanol–water partition coefficient (Wildman–Crippen LogP) is 5.18. The molecule has 1 aliphatic carbocycles. The largest absolute Gasteiger partial charge is 0.504 e. The number of aromatic hydroxyl groups is 1. The van der Waals surface area contributed by atoms with E-state index in [1.807, 2.05) is 20.8 Å². The van der Waals surface area contributed by atoms with Gasteiger partial charge in [-0.05, 0) is 54.2 Å². The molecule has 0 unspecified atom stereocenters. The second-order valence-corrected chi connectivity index (χ2v) is 13.4. The molecule has 1 amide bonds. The number of amides is 1. The van der Waals surface area contributed by atoms with Crippen molar-refractivity contribution in [3.8, 4) is 11.4 Å². The number of benzene rings is 2. The van der Waals surface area contributed by atoms with Crippen LogP contribution < -0.4 is 15.6 Å². The standard InChI is InChI=1S/C27H31ClF2N4O5S/c1-15-22(32-40(38,39)14-16-12-27(29,30)13-16)25(37)34(33(15)5)19-8-6-7-17(9-19)24(36)31-21-11-18(26(2,3)4)10-20(28)23(21)35/h6-11,16,32,35H,12-14H2,1-5H3,(H,31,36). The van der Waals surface area contributed by atoms with E-state index in [9.17, 15) is 31.9 Å². The molecule has 3 aromatic rings. The summed E-state index contributed by atoms with van der Waals surface area (Å²) in [6.45, 7) is 7.43. The topological polar surface area (TPSA) is 122 Å². The molecular formula is C27H31ClF2N4O5S. The number of carbonyl (C=O) groups excluding carboxylic acids is 1. The Bertz CT molecular complexity index is 1650. The molecule has 0 radical (unpaired) electrons. The fourth-order valence-corrected chi connectivity index (χ4v) is 6.33. The highest BCUT2D eigenvalue weighted by Gasteiger charge is 2.46. The Kier molecular flexibility index (Phi) is 7.57. The van der Waals surface area contributed by atoms with E-state index < -0.39 is 51.9 Å². The van der Waals surface area contributed by atoms with Crippen LogP contribution >= 0.6 is 11.6 Å². The van der Waals surface area contributed by atoms with Crippen molar-refractivity contribution in [3.05, 3.63) is 68.6 Å². The lowest BCUT2D eigenvalue weighted by Gasteiger charge is -2.34. The van der Waals surface area contributed by atoms with Crippen LogP contribution in [0, 0.1) is 12.8 Å². The maximum atomic E-state index is 13.3. The molecule has 0 spiro atoms. The van der Waals surface area contributed by atoms with Crippen molar-refractivity contribution in [1.29, 1.82) is 0 Å². The number of rotatable bonds is 7. The molecule has 0 saturated heterocycles. The lowest BCUT2D eigenvalue weighted by Crippen LogP contribution is -2.40. The minimum atomic E-state index is -4.06. The number of aromatic nitrogens is 2. The van der Waals surface area contributed by atoms with E-state index in [2.05, 4.69) is 10.0 Å². The fraction of sp³-hybridized carbons (Fsp3) is 0.407. The number of nitrogens with zero attached hydrogens (tertiary/aromatic N) is 2. The maximum Gasteiger partial charge on any atom is 0.296 e. The minimum Gasteiger partial charge on any atom is -0.504 e. The molecule has 3 N–H and O–H groups in total. The number of hydrogen-bond donors (Lipinski definition) is 3. The summed E-state index contributed by atoms with van der Waals surface area (Å²) in [6.07, 6.45) is -1.02. The van der Waals surface area contributed by atoms with Crippen LogP contribution in [0.4, 0.5) is 20.2 Å². The highest BCUT2D eigenvalue weighted by Crippen LogP contribution is 2.43. The third-order valence-electron chi connectivity index (χ3n) is 6.97. The van der Waals surface area contributed by atoms with Crippen LogP contribution in [0.5, 0.6) is 5.75 Å². The van der Waals surface area contributed by atoms with E-state index >= 15 is 0 Å². The van der Waals surface area contributed by atoms with Gasteiger partial charge in [0.15, 0.2) is 5.75 Å². The molecule has 1 fully saturated rings. The second kappa shape index (κ2) is 10.2. The van der Waals surface area contributed by atoms with Gasteiger partial charge in [0.1, 0.15) is 5.69 Å². The summed E-state index contributed by atoms with van der Waals surface area (Å²) in [5.74, 6) is -4.91. The van der Waals surface area contributed by atoms with E-state index in [1.165, 1.54) is 21.5 Å². The molecule has 0 aliphatic heterocycles. The van der Waals surface area contributed by atoms with E-state index in [4.69, 9.17) is 11.6 Å². The van der Waals surface area contributed by atoms with Crippen molar-refractivity contribution in [3.63, 3.8) is 0 Å². The first kappa shape index (κ1) is 29.6. The van der Waals surface area contributed by atoms with Gasteiger partial charge < -0.3 is 10.4 Å². The summed E-state index contributed by atoms with van der Waals surface area (Å²) in [5.41, 5.74) is 0.452. The molecule has 1 aliphatic rings. The average Bonchev–Trinajstić information content (AvgIpc) is 3.02. The number of phenolic OH excluding ortho intramolecular Hbond substituents is 1. The van der Waals surface area contributed by atoms with Crippen LogP contribution in [0.2, 0.25) is 5.02 Å². The van der Waals surface area contributed by atoms with Crippen molar-refractivity contribution in [2.45, 2.75) is 51.9 Å². The third-order valence-corrected chi connectivity index (χ3v) is 8.68. The van der Waals surface area contributed by atoms with Gasteiger partial charge in [-0.1, -0.05) is 38.4 Å². The van der Waals surface area contributed by atoms with Crippen LogP contribution in [0.25, 0.3) is 5.69 Å². The van der Waals surface area contributed by atoms with Gasteiger partial charge in [-0.2, -0.15) is 0 Å². The van der Waals surface area contributed by atoms with Crippen molar-refractivity contribution in [2.75, 3.05) is 15.8 Å². The third kappa shape index (κ3) is 6.02. The SMILES string of the molecule is Cc1c(NS(=O)(=O)CC2CC(F)(F)C2)c(=O)n(-c2cccc(C(=O)Nc3cc(C(C)(C)C)cc(Cl)c3O)c2)n1C. The normalized spacial score (nSPS) is 15.5. The first-order valence-corrected chi connectivity index (χ1v) is 14.5. The number of phenols is 1. The summed E-state index contributed by atoms with van der Waals surface area (Å²) in [6, 6.07) is 9.35. The van der Waals surface area contributed by atoms with Gasteiger partial charge in [0.2, 0.25) is 15.9 Å². The number of nitrogens with one attached hydrogen (secondary N) is 2. The molecule has 40 heavy (non-hydrogen) atoms. The van der Waals surface area contributed by atoms with Crippen molar-refractivity contribution >= 4 is 38.9 Å². The maximum absolute atomic E-state index is 13.3. The summed E-state index contributed by atoms with van der Waals surface area (Å²) in [7, 11) is -2.51. The van der Waals surface area contributed by atoms with Crippen LogP contribution in [-0.4, -0.2) is 40.5 Å². The number of hydrogen-bond acceptors (Lipinski definition) is 5. The molecule has 216 valence electrons. The smallest absolute Gasteiger partial charge is 0.296 e. The summed E-state index contributed by atoms with van der Waals surface area (Å²) in [5, 5.41) is 13.2. The molecule has 4 rings (SSSR count). The Morgan fingerprint density at radius 3 is 2.45 bits per heavy atom. The molecular weight excluding hydrogens is 566 g/mol. The minimum absolute atomic E-state index is 0.0864. The van der Waals surface area contributed by atoms with E-state index in [-0.39, 0.29) is 38.8 Å². The van der Waals surface area contributed by atoms with Gasteiger partial charge in [0, 0.05) is 25.5 Å². The van der Waals surface area contributed by atoms with Gasteiger partial charge >= 0.3 is 0 Å². The number of sulfonamides is 1. The zero-order valence-corrected chi connectivity index (χ0v) is 24.3. The Labute approximate surface area is 235 Å². The molecule has 13 heteroatoms. The predicted molar refractivity (Wildman–Crippen MR) is 151 cm³/mol. The Morgan fingerprint density at radius 1 is 1.20 bits per heavy atom. The molecule has 0 atom stereocenters. The number of halogens is 3. The average molecular weight is 597 g/mol. The van der Waals surface area contributed by atoms with Gasteiger partial charge in [-0.25, -0.2) is 21.9 Å². The van der Waals surface area contributed by atoms with E-state index in [1.54, 1.807) is 38.2 Å². The van der Waals surface area contributed by atoms with Crippen molar-refractivity contribution in [1.82, 2.24) is 9.36 Å². The zero-order valence-electron chi connectivity index (χ0n) is 22.7. The number of carbonyl (C=O) groups is 1. The van der Waals surface area contributed by atoms with Crippen molar-refractivity contribution in [2.24, 2.45) is 13.0 Å². The highest BCUT2D eigenvalue weighted by molar-refractivity contribution is 7.92. The fourth-order valence-electron chi connectivity index (χ4n) is 4.63. The van der Waals surface area contributed by atoms with Crippen LogP contribution in [0.15, 0.2) is 41.2 Å². The molecule has 1 saturated carbocycles. The van der Waals surface area contributed by atoms with Gasteiger partial charge in [0.25, 0.3) is 11.5 Å². The van der Waals surface area contributed by atoms with Gasteiger partial charge in [-0.3, -0.25) is 19.0 Å². The Hall–Kier alpha value is -3.38. The Balaban J connectivity index is 1.61. The molecule has 0 bridgehead atoms. The first-order valence-electron chi connectivity index (χ1n) is 12.5. The van der Waals surface area contributed by atoms with Crippen LogP contribution in [0.3, 0.4) is 0 Å². The van der Waals surface area contributed by atoms with Crippen LogP contribution in [-0.2, 0) is 22.5 Å². The monoisotopic (exact) mass is 596 g/mol. The lowest BCUT2D eigenvalue weighted by atomic mass is 9.83. The van der Waals surface area contributed by atoms with Crippen LogP contribution in [0.1, 0.15) is 55.2 Å². The van der Waals surface area contributed by atoms with Gasteiger partial charge in [-0.15, -0.1) is 0 Å². The number of anilines is 2. The van der Waals surface area contributed by atoms with E-state index in [0.29, 0.717) is 5.69 Å². The summed E-state index contributed by atoms with van der Waals surface area (Å²) < 4.78 is 56.5. The quantitative estimate of drug-likeness (QED) is 0.324. The molecule has 1 aromatic heterocycles. The molecule has 1 heterocycles. The summed E-state index contributed by atoms with van der Waals surface area (Å²) in [4.78, 5) is 26.4. The second-order valence-electron chi connectivity index (χ2n) is 11.2. The summed E-state index contributed by atoms with van der Waals surface area (Å²) >= 11 is 6.19. The first-order chi connectivity index (χ1) is 18.4. The molecule has 9 nitrogen and oxygen atoms in total. The molecule has 2 aromatic carbocycles. The van der Waals surface area contributed by atoms with E-state index in [0.717, 1.165) is 5.56 Å². The van der Waals surface area contributed by atoms with Gasteiger partial charge in [0.05, 0.1) is 27.8 Å². The van der Waals surface area contributed by atoms with Crippen molar-refractivity contribution < 1.29 is 27.1 Å². The lowest BCUT2D eigenvalue weighted by molar-refractivity contribution is -0.103. The Morgan fingerprint density at radius 2 is 1.85 bits per heavy atom. The zero-order chi connectivity index (χ0) is 29.8. The highest BCUT2D eigenvalue weighted by atomic mass is 35.5. The number of alkyl halides is 2.